The van der Waals surface area contributed by atoms with Crippen LogP contribution in [0.3, 0.4) is 0 Å². The average Bonchev–Trinajstić information content (AvgIpc) is 2.28. The second-order valence-electron chi connectivity index (χ2n) is 3.28. The summed E-state index contributed by atoms with van der Waals surface area (Å²) in [6.07, 6.45) is 1.72. The van der Waals surface area contributed by atoms with Crippen LogP contribution in [0.2, 0.25) is 0 Å². The van der Waals surface area contributed by atoms with Crippen molar-refractivity contribution in [2.75, 3.05) is 7.11 Å². The zero-order valence-corrected chi connectivity index (χ0v) is 8.61. The van der Waals surface area contributed by atoms with Gasteiger partial charge in [0, 0.05) is 11.6 Å². The van der Waals surface area contributed by atoms with Gasteiger partial charge in [-0.2, -0.15) is 5.26 Å². The SMILES string of the molecule is COc1ccc(C#N)c2c(C)ccnc12. The van der Waals surface area contributed by atoms with Gasteiger partial charge in [-0.05, 0) is 30.7 Å². The van der Waals surface area contributed by atoms with Crippen LogP contribution in [0.1, 0.15) is 11.1 Å². The lowest BCUT2D eigenvalue weighted by Gasteiger charge is -2.07. The van der Waals surface area contributed by atoms with Crippen molar-refractivity contribution in [1.29, 1.82) is 5.26 Å². The predicted molar refractivity (Wildman–Crippen MR) is 57.7 cm³/mol. The van der Waals surface area contributed by atoms with Gasteiger partial charge in [-0.15, -0.1) is 0 Å². The van der Waals surface area contributed by atoms with Crippen LogP contribution in [0.25, 0.3) is 10.9 Å². The summed E-state index contributed by atoms with van der Waals surface area (Å²) in [7, 11) is 1.60. The molecule has 1 aromatic heterocycles. The summed E-state index contributed by atoms with van der Waals surface area (Å²) in [6, 6.07) is 7.59. The molecule has 0 fully saturated rings. The lowest BCUT2D eigenvalue weighted by atomic mass is 10.0. The number of benzene rings is 1. The molecule has 0 aliphatic heterocycles. The molecular formula is C12H10N2O. The summed E-state index contributed by atoms with van der Waals surface area (Å²) in [5.74, 6) is 0.702. The summed E-state index contributed by atoms with van der Waals surface area (Å²) in [6.45, 7) is 1.96. The predicted octanol–water partition coefficient (Wildman–Crippen LogP) is 2.42. The minimum absolute atomic E-state index is 0.636. The molecule has 0 saturated carbocycles. The van der Waals surface area contributed by atoms with Crippen LogP contribution in [-0.4, -0.2) is 12.1 Å². The maximum absolute atomic E-state index is 9.01. The van der Waals surface area contributed by atoms with Gasteiger partial charge in [0.15, 0.2) is 0 Å². The Morgan fingerprint density at radius 2 is 2.13 bits per heavy atom. The molecule has 1 aromatic carbocycles. The third kappa shape index (κ3) is 1.40. The van der Waals surface area contributed by atoms with Crippen LogP contribution in [0.4, 0.5) is 0 Å². The lowest BCUT2D eigenvalue weighted by Crippen LogP contribution is -1.91. The van der Waals surface area contributed by atoms with E-state index in [1.54, 1.807) is 25.4 Å². The number of pyridine rings is 1. The van der Waals surface area contributed by atoms with E-state index < -0.39 is 0 Å². The van der Waals surface area contributed by atoms with Gasteiger partial charge < -0.3 is 4.74 Å². The summed E-state index contributed by atoms with van der Waals surface area (Å²) >= 11 is 0. The molecule has 2 rings (SSSR count). The number of rotatable bonds is 1. The number of ether oxygens (including phenoxy) is 1. The van der Waals surface area contributed by atoms with Crippen molar-refractivity contribution >= 4 is 10.9 Å². The van der Waals surface area contributed by atoms with E-state index in [1.165, 1.54) is 0 Å². The quantitative estimate of drug-likeness (QED) is 0.706. The van der Waals surface area contributed by atoms with Crippen molar-refractivity contribution in [1.82, 2.24) is 4.98 Å². The Bertz CT molecular complexity index is 555. The smallest absolute Gasteiger partial charge is 0.145 e. The monoisotopic (exact) mass is 198 g/mol. The summed E-state index contributed by atoms with van der Waals surface area (Å²) < 4.78 is 5.21. The molecule has 0 atom stereocenters. The third-order valence-corrected chi connectivity index (χ3v) is 2.40. The van der Waals surface area contributed by atoms with Gasteiger partial charge in [-0.25, -0.2) is 0 Å². The fourth-order valence-electron chi connectivity index (χ4n) is 1.66. The van der Waals surface area contributed by atoms with Crippen molar-refractivity contribution in [3.8, 4) is 11.8 Å². The fourth-order valence-corrected chi connectivity index (χ4v) is 1.66. The highest BCUT2D eigenvalue weighted by Crippen LogP contribution is 2.28. The number of nitriles is 1. The van der Waals surface area contributed by atoms with E-state index in [4.69, 9.17) is 10.00 Å². The molecule has 0 bridgehead atoms. The highest BCUT2D eigenvalue weighted by molar-refractivity contribution is 5.91. The Balaban J connectivity index is 2.94. The van der Waals surface area contributed by atoms with E-state index in [0.717, 1.165) is 16.5 Å². The van der Waals surface area contributed by atoms with Crippen LogP contribution < -0.4 is 4.74 Å². The van der Waals surface area contributed by atoms with Gasteiger partial charge in [0.2, 0.25) is 0 Å². The van der Waals surface area contributed by atoms with Gasteiger partial charge in [0.05, 0.1) is 18.7 Å². The first-order valence-corrected chi connectivity index (χ1v) is 4.60. The maximum atomic E-state index is 9.01. The highest BCUT2D eigenvalue weighted by Gasteiger charge is 2.08. The minimum atomic E-state index is 0.636. The van der Waals surface area contributed by atoms with Crippen LogP contribution in [-0.2, 0) is 0 Å². The number of fused-ring (bicyclic) bond motifs is 1. The number of hydrogen-bond donors (Lipinski definition) is 0. The number of aromatic nitrogens is 1. The van der Waals surface area contributed by atoms with Crippen LogP contribution in [0.5, 0.6) is 5.75 Å². The van der Waals surface area contributed by atoms with Gasteiger partial charge >= 0.3 is 0 Å². The second-order valence-corrected chi connectivity index (χ2v) is 3.28. The Kier molecular flexibility index (Phi) is 2.26. The van der Waals surface area contributed by atoms with Gasteiger partial charge in [0.25, 0.3) is 0 Å². The molecule has 1 heterocycles. The van der Waals surface area contributed by atoms with E-state index in [1.807, 2.05) is 13.0 Å². The molecule has 0 N–H and O–H groups in total. The number of nitrogens with zero attached hydrogens (tertiary/aromatic N) is 2. The lowest BCUT2D eigenvalue weighted by molar-refractivity contribution is 0.419. The van der Waals surface area contributed by atoms with Crippen LogP contribution in [0, 0.1) is 18.3 Å². The second kappa shape index (κ2) is 3.58. The third-order valence-electron chi connectivity index (χ3n) is 2.40. The zero-order valence-electron chi connectivity index (χ0n) is 8.61. The molecule has 0 unspecified atom stereocenters. The average molecular weight is 198 g/mol. The molecule has 0 aliphatic carbocycles. The molecule has 15 heavy (non-hydrogen) atoms. The van der Waals surface area contributed by atoms with E-state index in [0.29, 0.717) is 11.3 Å². The van der Waals surface area contributed by atoms with E-state index >= 15 is 0 Å². The number of methoxy groups -OCH3 is 1. The first kappa shape index (κ1) is 9.47. The molecule has 2 aromatic rings. The molecule has 0 spiro atoms. The standard InChI is InChI=1S/C12H10N2O/c1-8-5-6-14-12-10(15-2)4-3-9(7-13)11(8)12/h3-6H,1-2H3. The molecule has 0 saturated heterocycles. The van der Waals surface area contributed by atoms with Gasteiger partial charge in [-0.3, -0.25) is 4.98 Å². The summed E-state index contributed by atoms with van der Waals surface area (Å²) in [4.78, 5) is 4.25. The Morgan fingerprint density at radius 3 is 2.80 bits per heavy atom. The molecule has 74 valence electrons. The van der Waals surface area contributed by atoms with Crippen molar-refractivity contribution < 1.29 is 4.74 Å². The van der Waals surface area contributed by atoms with Crippen LogP contribution >= 0.6 is 0 Å². The zero-order chi connectivity index (χ0) is 10.8. The molecule has 0 radical (unpaired) electrons. The topological polar surface area (TPSA) is 45.9 Å². The normalized spacial score (nSPS) is 9.93. The fraction of sp³-hybridized carbons (Fsp3) is 0.167. The molecule has 3 heteroatoms. The van der Waals surface area contributed by atoms with E-state index in [9.17, 15) is 0 Å². The maximum Gasteiger partial charge on any atom is 0.145 e. The molecule has 0 amide bonds. The highest BCUT2D eigenvalue weighted by atomic mass is 16.5. The van der Waals surface area contributed by atoms with E-state index in [-0.39, 0.29) is 0 Å². The molecule has 0 aliphatic rings. The van der Waals surface area contributed by atoms with Gasteiger partial charge in [-0.1, -0.05) is 0 Å². The van der Waals surface area contributed by atoms with Crippen molar-refractivity contribution in [2.45, 2.75) is 6.92 Å². The summed E-state index contributed by atoms with van der Waals surface area (Å²) in [5.41, 5.74) is 2.42. The van der Waals surface area contributed by atoms with Crippen molar-refractivity contribution in [3.05, 3.63) is 35.5 Å². The first-order valence-electron chi connectivity index (χ1n) is 4.60. The summed E-state index contributed by atoms with van der Waals surface area (Å²) in [5, 5.41) is 9.88. The molecular weight excluding hydrogens is 188 g/mol. The molecule has 3 nitrogen and oxygen atoms in total. The Labute approximate surface area is 87.9 Å². The number of hydrogen-bond acceptors (Lipinski definition) is 3. The minimum Gasteiger partial charge on any atom is -0.494 e. The first-order chi connectivity index (χ1) is 7.27. The van der Waals surface area contributed by atoms with Gasteiger partial charge in [0.1, 0.15) is 11.3 Å². The van der Waals surface area contributed by atoms with E-state index in [2.05, 4.69) is 11.1 Å². The Hall–Kier alpha value is -2.08. The largest absolute Gasteiger partial charge is 0.494 e. The van der Waals surface area contributed by atoms with Crippen LogP contribution in [0.15, 0.2) is 24.4 Å². The number of aryl methyl sites for hydroxylation is 1. The Morgan fingerprint density at radius 1 is 1.33 bits per heavy atom. The van der Waals surface area contributed by atoms with Crippen molar-refractivity contribution in [3.63, 3.8) is 0 Å². The van der Waals surface area contributed by atoms with Crippen molar-refractivity contribution in [2.24, 2.45) is 0 Å².